The first-order valence-electron chi connectivity index (χ1n) is 7.41. The fourth-order valence-electron chi connectivity index (χ4n) is 3.16. The Balaban J connectivity index is 1.75. The number of nitrogens with two attached hydrogens (primary N) is 1. The lowest BCUT2D eigenvalue weighted by molar-refractivity contribution is 0.323. The van der Waals surface area contributed by atoms with Crippen molar-refractivity contribution in [3.05, 3.63) is 71.0 Å². The molecular weight excluding hydrogens is 263 g/mol. The van der Waals surface area contributed by atoms with Gasteiger partial charge >= 0.3 is 0 Å². The van der Waals surface area contributed by atoms with E-state index in [0.717, 1.165) is 30.8 Å². The maximum atomic E-state index is 14.1. The lowest BCUT2D eigenvalue weighted by Crippen LogP contribution is -2.29. The molecule has 1 heterocycles. The van der Waals surface area contributed by atoms with Crippen molar-refractivity contribution >= 4 is 0 Å². The Morgan fingerprint density at radius 1 is 1.14 bits per heavy atom. The van der Waals surface area contributed by atoms with Crippen molar-refractivity contribution < 1.29 is 4.39 Å². The van der Waals surface area contributed by atoms with Crippen LogP contribution in [0.25, 0.3) is 0 Å². The van der Waals surface area contributed by atoms with Crippen LogP contribution >= 0.6 is 0 Å². The van der Waals surface area contributed by atoms with Gasteiger partial charge in [-0.2, -0.15) is 0 Å². The summed E-state index contributed by atoms with van der Waals surface area (Å²) in [7, 11) is 0. The van der Waals surface area contributed by atoms with E-state index in [1.165, 1.54) is 5.56 Å². The first-order valence-corrected chi connectivity index (χ1v) is 7.41. The van der Waals surface area contributed by atoms with Gasteiger partial charge in [0.15, 0.2) is 0 Å². The molecule has 0 radical (unpaired) electrons. The van der Waals surface area contributed by atoms with E-state index in [0.29, 0.717) is 0 Å². The van der Waals surface area contributed by atoms with Crippen molar-refractivity contribution in [1.29, 1.82) is 0 Å². The Morgan fingerprint density at radius 2 is 1.90 bits per heavy atom. The van der Waals surface area contributed by atoms with Gasteiger partial charge < -0.3 is 5.73 Å². The minimum Gasteiger partial charge on any atom is -0.326 e. The van der Waals surface area contributed by atoms with E-state index in [1.807, 2.05) is 31.2 Å². The highest BCUT2D eigenvalue weighted by molar-refractivity contribution is 5.30. The molecule has 2 nitrogen and oxygen atoms in total. The van der Waals surface area contributed by atoms with Crippen LogP contribution in [0, 0.1) is 12.7 Å². The maximum absolute atomic E-state index is 14.1. The molecule has 3 rings (SSSR count). The molecule has 2 aromatic carbocycles. The molecule has 2 atom stereocenters. The van der Waals surface area contributed by atoms with Crippen LogP contribution in [0.2, 0.25) is 0 Å². The highest BCUT2D eigenvalue weighted by Crippen LogP contribution is 2.29. The molecule has 2 N–H and O–H groups in total. The van der Waals surface area contributed by atoms with Crippen LogP contribution in [0.1, 0.15) is 22.6 Å². The number of hydrogen-bond acceptors (Lipinski definition) is 2. The second-order valence-corrected chi connectivity index (χ2v) is 5.97. The zero-order chi connectivity index (χ0) is 14.8. The van der Waals surface area contributed by atoms with Crippen molar-refractivity contribution in [3.63, 3.8) is 0 Å². The lowest BCUT2D eigenvalue weighted by Gasteiger charge is -2.17. The molecule has 0 aromatic heterocycles. The van der Waals surface area contributed by atoms with E-state index < -0.39 is 0 Å². The molecule has 0 amide bonds. The third-order valence-electron chi connectivity index (χ3n) is 4.24. The minimum absolute atomic E-state index is 0.00925. The first-order chi connectivity index (χ1) is 10.1. The molecule has 110 valence electrons. The summed E-state index contributed by atoms with van der Waals surface area (Å²) >= 11 is 0. The maximum Gasteiger partial charge on any atom is 0.126 e. The summed E-state index contributed by atoms with van der Waals surface area (Å²) in [5, 5.41) is 0. The SMILES string of the molecule is Cc1ccc(F)c(C2CN(Cc3ccccc3)CC2N)c1. The second-order valence-electron chi connectivity index (χ2n) is 5.97. The quantitative estimate of drug-likeness (QED) is 0.938. The van der Waals surface area contributed by atoms with Crippen molar-refractivity contribution in [2.75, 3.05) is 13.1 Å². The topological polar surface area (TPSA) is 29.3 Å². The van der Waals surface area contributed by atoms with E-state index in [2.05, 4.69) is 17.0 Å². The lowest BCUT2D eigenvalue weighted by atomic mass is 9.93. The van der Waals surface area contributed by atoms with Gasteiger partial charge in [0.2, 0.25) is 0 Å². The van der Waals surface area contributed by atoms with Gasteiger partial charge in [0.05, 0.1) is 0 Å². The van der Waals surface area contributed by atoms with Crippen molar-refractivity contribution in [3.8, 4) is 0 Å². The molecule has 0 saturated carbocycles. The zero-order valence-corrected chi connectivity index (χ0v) is 12.3. The summed E-state index contributed by atoms with van der Waals surface area (Å²) in [6.45, 7) is 4.49. The van der Waals surface area contributed by atoms with E-state index in [4.69, 9.17) is 5.73 Å². The summed E-state index contributed by atoms with van der Waals surface area (Å²) in [4.78, 5) is 2.31. The molecule has 1 aliphatic heterocycles. The Morgan fingerprint density at radius 3 is 2.67 bits per heavy atom. The number of rotatable bonds is 3. The number of nitrogens with zero attached hydrogens (tertiary/aromatic N) is 1. The minimum atomic E-state index is -0.136. The monoisotopic (exact) mass is 284 g/mol. The van der Waals surface area contributed by atoms with Crippen LogP contribution in [0.15, 0.2) is 48.5 Å². The fourth-order valence-corrected chi connectivity index (χ4v) is 3.16. The summed E-state index contributed by atoms with van der Waals surface area (Å²) in [6.07, 6.45) is 0. The van der Waals surface area contributed by atoms with Crippen LogP contribution in [0.5, 0.6) is 0 Å². The fraction of sp³-hybridized carbons (Fsp3) is 0.333. The largest absolute Gasteiger partial charge is 0.326 e. The third kappa shape index (κ3) is 3.14. The third-order valence-corrected chi connectivity index (χ3v) is 4.24. The molecular formula is C18H21FN2. The van der Waals surface area contributed by atoms with Crippen LogP contribution < -0.4 is 5.73 Å². The van der Waals surface area contributed by atoms with E-state index in [9.17, 15) is 4.39 Å². The van der Waals surface area contributed by atoms with Gasteiger partial charge in [-0.05, 0) is 24.1 Å². The Hall–Kier alpha value is -1.71. The molecule has 3 heteroatoms. The van der Waals surface area contributed by atoms with Crippen LogP contribution in [-0.4, -0.2) is 24.0 Å². The smallest absolute Gasteiger partial charge is 0.126 e. The van der Waals surface area contributed by atoms with Crippen molar-refractivity contribution in [1.82, 2.24) is 4.90 Å². The summed E-state index contributed by atoms with van der Waals surface area (Å²) in [5.74, 6) is -0.0591. The number of aryl methyl sites for hydroxylation is 1. The van der Waals surface area contributed by atoms with Gasteiger partial charge in [-0.15, -0.1) is 0 Å². The average Bonchev–Trinajstić information content (AvgIpc) is 2.83. The van der Waals surface area contributed by atoms with Gasteiger partial charge in [-0.25, -0.2) is 4.39 Å². The van der Waals surface area contributed by atoms with Gasteiger partial charge in [0.1, 0.15) is 5.82 Å². The molecule has 1 fully saturated rings. The Bertz CT molecular complexity index is 612. The standard InChI is InChI=1S/C18H21FN2/c1-13-7-8-17(19)15(9-13)16-11-21(12-18(16)20)10-14-5-3-2-4-6-14/h2-9,16,18H,10-12,20H2,1H3. The van der Waals surface area contributed by atoms with Crippen LogP contribution in [-0.2, 0) is 6.54 Å². The average molecular weight is 284 g/mol. The number of hydrogen-bond donors (Lipinski definition) is 1. The molecule has 0 spiro atoms. The number of halogens is 1. The van der Waals surface area contributed by atoms with Gasteiger partial charge in [-0.1, -0.05) is 48.0 Å². The Kier molecular flexibility index (Phi) is 4.04. The van der Waals surface area contributed by atoms with Gasteiger partial charge in [-0.3, -0.25) is 4.90 Å². The van der Waals surface area contributed by atoms with Gasteiger partial charge in [0.25, 0.3) is 0 Å². The number of benzene rings is 2. The normalized spacial score (nSPS) is 22.6. The van der Waals surface area contributed by atoms with Crippen LogP contribution in [0.4, 0.5) is 4.39 Å². The molecule has 2 unspecified atom stereocenters. The van der Waals surface area contributed by atoms with Crippen molar-refractivity contribution in [2.24, 2.45) is 5.73 Å². The summed E-state index contributed by atoms with van der Waals surface area (Å²) < 4.78 is 14.1. The van der Waals surface area contributed by atoms with E-state index in [-0.39, 0.29) is 17.8 Å². The molecule has 21 heavy (non-hydrogen) atoms. The predicted molar refractivity (Wildman–Crippen MR) is 83.6 cm³/mol. The molecule has 1 aliphatic rings. The van der Waals surface area contributed by atoms with E-state index in [1.54, 1.807) is 12.1 Å². The van der Waals surface area contributed by atoms with Gasteiger partial charge in [0, 0.05) is 31.6 Å². The molecule has 0 aliphatic carbocycles. The highest BCUT2D eigenvalue weighted by atomic mass is 19.1. The van der Waals surface area contributed by atoms with Crippen molar-refractivity contribution in [2.45, 2.75) is 25.4 Å². The summed E-state index contributed by atoms with van der Waals surface area (Å²) in [6, 6.07) is 15.6. The zero-order valence-electron chi connectivity index (χ0n) is 12.3. The predicted octanol–water partition coefficient (Wildman–Crippen LogP) is 3.06. The summed E-state index contributed by atoms with van der Waals surface area (Å²) in [5.41, 5.74) is 9.38. The first kappa shape index (κ1) is 14.2. The van der Waals surface area contributed by atoms with E-state index >= 15 is 0 Å². The second kappa shape index (κ2) is 5.96. The Labute approximate surface area is 125 Å². The highest BCUT2D eigenvalue weighted by Gasteiger charge is 2.32. The molecule has 0 bridgehead atoms. The van der Waals surface area contributed by atoms with Crippen LogP contribution in [0.3, 0.4) is 0 Å². The molecule has 2 aromatic rings. The number of likely N-dealkylation sites (tertiary alicyclic amines) is 1. The molecule has 1 saturated heterocycles.